The van der Waals surface area contributed by atoms with Gasteiger partial charge in [-0.2, -0.15) is 0 Å². The van der Waals surface area contributed by atoms with E-state index in [-0.39, 0.29) is 0 Å². The molecule has 0 spiro atoms. The van der Waals surface area contributed by atoms with Gasteiger partial charge in [0.15, 0.2) is 40.5 Å². The lowest BCUT2D eigenvalue weighted by Gasteiger charge is -1.96. The molecule has 10 aromatic rings. The molecule has 0 aliphatic heterocycles. The van der Waals surface area contributed by atoms with Gasteiger partial charge in [0.1, 0.15) is 21.0 Å². The highest BCUT2D eigenvalue weighted by Crippen LogP contribution is 2.40. The molecule has 44 heavy (non-hydrogen) atoms. The average Bonchev–Trinajstić information content (AvgIpc) is 3.88. The fraction of sp³-hybridized carbons (Fsp3) is 0. The van der Waals surface area contributed by atoms with Crippen molar-refractivity contribution in [2.75, 3.05) is 0 Å². The van der Waals surface area contributed by atoms with Crippen molar-refractivity contribution in [2.45, 2.75) is 0 Å². The molecule has 0 atom stereocenters. The minimum atomic E-state index is 0.489. The number of benzene rings is 4. The summed E-state index contributed by atoms with van der Waals surface area (Å²) in [7, 11) is 0. The predicted molar refractivity (Wildman–Crippen MR) is 179 cm³/mol. The summed E-state index contributed by atoms with van der Waals surface area (Å²) in [5, 5.41) is 5.31. The Bertz CT molecular complexity index is 2370. The van der Waals surface area contributed by atoms with Gasteiger partial charge in [0.25, 0.3) is 11.8 Å². The van der Waals surface area contributed by atoms with Crippen LogP contribution in [0.15, 0.2) is 93.8 Å². The molecule has 0 radical (unpaired) electrons. The fourth-order valence-corrected chi connectivity index (χ4v) is 9.10. The number of hydrogen-bond acceptors (Lipinski definition) is 12. The van der Waals surface area contributed by atoms with Crippen LogP contribution in [0.4, 0.5) is 0 Å². The molecule has 0 N–H and O–H groups in total. The van der Waals surface area contributed by atoms with Crippen molar-refractivity contribution in [3.63, 3.8) is 0 Å². The Hall–Kier alpha value is -4.88. The van der Waals surface area contributed by atoms with Gasteiger partial charge in [0.2, 0.25) is 0 Å². The van der Waals surface area contributed by atoms with Crippen molar-refractivity contribution < 1.29 is 8.83 Å². The summed E-state index contributed by atoms with van der Waals surface area (Å²) in [6.45, 7) is 0. The summed E-state index contributed by atoms with van der Waals surface area (Å²) in [5.41, 5.74) is 5.06. The van der Waals surface area contributed by atoms with Crippen molar-refractivity contribution in [3.05, 3.63) is 84.9 Å². The molecule has 0 saturated carbocycles. The van der Waals surface area contributed by atoms with Gasteiger partial charge in [-0.15, -0.1) is 0 Å². The molecule has 6 aromatic heterocycles. The van der Waals surface area contributed by atoms with E-state index in [2.05, 4.69) is 24.3 Å². The lowest BCUT2D eigenvalue weighted by atomic mass is 10.1. The minimum absolute atomic E-state index is 0.489. The zero-order chi connectivity index (χ0) is 28.8. The molecule has 0 bridgehead atoms. The minimum Gasteiger partial charge on any atom is -0.434 e. The Kier molecular flexibility index (Phi) is 5.19. The second-order valence-corrected chi connectivity index (χ2v) is 14.0. The summed E-state index contributed by atoms with van der Waals surface area (Å²) in [4.78, 5) is 32.2. The van der Waals surface area contributed by atoms with E-state index in [4.69, 9.17) is 38.7 Å². The van der Waals surface area contributed by atoms with E-state index >= 15 is 0 Å². The molecule has 8 nitrogen and oxygen atoms in total. The Balaban J connectivity index is 0.982. The van der Waals surface area contributed by atoms with Gasteiger partial charge in [0, 0.05) is 11.1 Å². The number of hydrogen-bond donors (Lipinski definition) is 0. The molecule has 0 saturated heterocycles. The average molecular weight is 643 g/mol. The molecular formula is C32H14N6O2S4. The van der Waals surface area contributed by atoms with E-state index in [1.165, 1.54) is 22.7 Å². The highest BCUT2D eigenvalue weighted by molar-refractivity contribution is 7.30. The Morgan fingerprint density at radius 3 is 1.23 bits per heavy atom. The number of fused-ring (bicyclic) bond motifs is 5. The van der Waals surface area contributed by atoms with E-state index in [0.717, 1.165) is 62.3 Å². The smallest absolute Gasteiger partial charge is 0.257 e. The van der Waals surface area contributed by atoms with Gasteiger partial charge in [-0.05, 0) is 35.0 Å². The fourth-order valence-electron chi connectivity index (χ4n) is 5.15. The molecule has 0 amide bonds. The van der Waals surface area contributed by atoms with Gasteiger partial charge >= 0.3 is 0 Å². The number of aromatic nitrogens is 6. The van der Waals surface area contributed by atoms with Crippen molar-refractivity contribution in [3.8, 4) is 42.9 Å². The van der Waals surface area contributed by atoms with Crippen LogP contribution in [0, 0.1) is 0 Å². The molecule has 10 rings (SSSR count). The first kappa shape index (κ1) is 24.6. The Morgan fingerprint density at radius 2 is 0.795 bits per heavy atom. The number of nitrogens with zero attached hydrogens (tertiary/aromatic N) is 6. The van der Waals surface area contributed by atoms with Crippen LogP contribution in [0.1, 0.15) is 0 Å². The third kappa shape index (κ3) is 3.92. The zero-order valence-electron chi connectivity index (χ0n) is 22.2. The molecule has 0 fully saturated rings. The van der Waals surface area contributed by atoms with Crippen LogP contribution in [0.3, 0.4) is 0 Å². The predicted octanol–water partition coefficient (Wildman–Crippen LogP) is 9.92. The van der Waals surface area contributed by atoms with Crippen molar-refractivity contribution >= 4 is 97.6 Å². The van der Waals surface area contributed by atoms with E-state index in [9.17, 15) is 0 Å². The SMILES string of the molecule is c1ccc(-c2nc3sc(-c4nc5cc6cc7oc(-c8nc9sc(-c%10ccccc%10)nc9s8)nc7cc6cc5o4)nc3s2)cc1. The molecular weight excluding hydrogens is 629 g/mol. The van der Waals surface area contributed by atoms with E-state index in [1.54, 1.807) is 22.7 Å². The first-order valence-corrected chi connectivity index (χ1v) is 16.8. The quantitative estimate of drug-likeness (QED) is 0.187. The van der Waals surface area contributed by atoms with Gasteiger partial charge in [-0.25, -0.2) is 29.9 Å². The summed E-state index contributed by atoms with van der Waals surface area (Å²) in [6.07, 6.45) is 0. The molecule has 208 valence electrons. The maximum absolute atomic E-state index is 6.18. The normalized spacial score (nSPS) is 12.1. The number of rotatable bonds is 4. The van der Waals surface area contributed by atoms with Crippen LogP contribution in [-0.4, -0.2) is 29.9 Å². The topological polar surface area (TPSA) is 104 Å². The van der Waals surface area contributed by atoms with Crippen molar-refractivity contribution in [1.82, 2.24) is 29.9 Å². The zero-order valence-corrected chi connectivity index (χ0v) is 25.5. The van der Waals surface area contributed by atoms with E-state index in [0.29, 0.717) is 33.0 Å². The second-order valence-electron chi connectivity index (χ2n) is 10.1. The molecule has 12 heteroatoms. The molecule has 6 heterocycles. The molecule has 0 aliphatic carbocycles. The standard InChI is InChI=1S/C32H14N6O2S4/c1-3-7-15(8-4-1)25-35-29-31(41-25)37-27(43-29)23-33-19-11-17-14-22-20(12-18(17)13-21(19)39-23)34-24(40-22)28-38-32-30(44-28)36-26(42-32)16-9-5-2-6-10-16/h1-14H. The molecule has 0 aliphatic rings. The number of oxazole rings is 2. The van der Waals surface area contributed by atoms with Crippen LogP contribution in [-0.2, 0) is 0 Å². The third-order valence-electron chi connectivity index (χ3n) is 7.21. The lowest BCUT2D eigenvalue weighted by molar-refractivity contribution is 0.619. The summed E-state index contributed by atoms with van der Waals surface area (Å²) in [5.74, 6) is 0.979. The largest absolute Gasteiger partial charge is 0.434 e. The first-order chi connectivity index (χ1) is 21.7. The lowest BCUT2D eigenvalue weighted by Crippen LogP contribution is -1.77. The van der Waals surface area contributed by atoms with E-state index in [1.807, 2.05) is 60.7 Å². The summed E-state index contributed by atoms with van der Waals surface area (Å²) < 4.78 is 12.4. The van der Waals surface area contributed by atoms with Gasteiger partial charge in [0.05, 0.1) is 0 Å². The van der Waals surface area contributed by atoms with Crippen LogP contribution < -0.4 is 0 Å². The highest BCUT2D eigenvalue weighted by atomic mass is 32.1. The Labute approximate surface area is 263 Å². The van der Waals surface area contributed by atoms with Crippen molar-refractivity contribution in [1.29, 1.82) is 0 Å². The second kappa shape index (κ2) is 9.31. The first-order valence-electron chi connectivity index (χ1n) is 13.5. The number of thiazole rings is 4. The monoisotopic (exact) mass is 642 g/mol. The van der Waals surface area contributed by atoms with Crippen molar-refractivity contribution in [2.24, 2.45) is 0 Å². The van der Waals surface area contributed by atoms with Gasteiger partial charge in [-0.3, -0.25) is 0 Å². The maximum Gasteiger partial charge on any atom is 0.257 e. The molecule has 4 aromatic carbocycles. The van der Waals surface area contributed by atoms with Gasteiger partial charge < -0.3 is 8.83 Å². The van der Waals surface area contributed by atoms with Crippen LogP contribution >= 0.6 is 45.3 Å². The third-order valence-corrected chi connectivity index (χ3v) is 11.3. The molecule has 0 unspecified atom stereocenters. The summed E-state index contributed by atoms with van der Waals surface area (Å²) in [6, 6.07) is 28.3. The summed E-state index contributed by atoms with van der Waals surface area (Å²) >= 11 is 6.12. The van der Waals surface area contributed by atoms with Crippen LogP contribution in [0.25, 0.3) is 95.2 Å². The van der Waals surface area contributed by atoms with Crippen LogP contribution in [0.5, 0.6) is 0 Å². The van der Waals surface area contributed by atoms with Gasteiger partial charge in [-0.1, -0.05) is 106 Å². The Morgan fingerprint density at radius 1 is 0.409 bits per heavy atom. The maximum atomic E-state index is 6.18. The van der Waals surface area contributed by atoms with E-state index < -0.39 is 0 Å². The van der Waals surface area contributed by atoms with Crippen LogP contribution in [0.2, 0.25) is 0 Å². The highest BCUT2D eigenvalue weighted by Gasteiger charge is 2.20.